The van der Waals surface area contributed by atoms with E-state index in [0.29, 0.717) is 13.2 Å². The summed E-state index contributed by atoms with van der Waals surface area (Å²) >= 11 is 3.54. The standard InChI is InChI=1S/C10H16O2S2/c1-3-11-9(12-4-2)8-14-10-6-5-7-13-10/h5-7,9H,3-4,8H2,1-2H3. The van der Waals surface area contributed by atoms with Crippen molar-refractivity contribution in [1.82, 2.24) is 0 Å². The first kappa shape index (κ1) is 12.0. The highest BCUT2D eigenvalue weighted by Gasteiger charge is 2.08. The molecule has 0 saturated carbocycles. The first-order chi connectivity index (χ1) is 6.86. The van der Waals surface area contributed by atoms with E-state index in [-0.39, 0.29) is 6.29 Å². The molecular formula is C10H16O2S2. The second kappa shape index (κ2) is 7.29. The van der Waals surface area contributed by atoms with Gasteiger partial charge in [-0.1, -0.05) is 6.07 Å². The van der Waals surface area contributed by atoms with Crippen molar-refractivity contribution in [3.8, 4) is 0 Å². The number of hydrogen-bond acceptors (Lipinski definition) is 4. The molecule has 80 valence electrons. The smallest absolute Gasteiger partial charge is 0.166 e. The van der Waals surface area contributed by atoms with Crippen LogP contribution in [0.5, 0.6) is 0 Å². The molecule has 0 radical (unpaired) electrons. The van der Waals surface area contributed by atoms with Crippen molar-refractivity contribution in [3.63, 3.8) is 0 Å². The van der Waals surface area contributed by atoms with Crippen molar-refractivity contribution < 1.29 is 9.47 Å². The maximum absolute atomic E-state index is 5.44. The monoisotopic (exact) mass is 232 g/mol. The minimum absolute atomic E-state index is 0.0721. The quantitative estimate of drug-likeness (QED) is 0.531. The second-order valence-electron chi connectivity index (χ2n) is 2.58. The molecule has 0 fully saturated rings. The maximum Gasteiger partial charge on any atom is 0.166 e. The van der Waals surface area contributed by atoms with E-state index in [1.54, 1.807) is 23.1 Å². The summed E-state index contributed by atoms with van der Waals surface area (Å²) in [5.41, 5.74) is 0. The van der Waals surface area contributed by atoms with Crippen molar-refractivity contribution >= 4 is 23.1 Å². The summed E-state index contributed by atoms with van der Waals surface area (Å²) in [4.78, 5) is 0. The van der Waals surface area contributed by atoms with Crippen LogP contribution in [-0.2, 0) is 9.47 Å². The van der Waals surface area contributed by atoms with E-state index in [4.69, 9.17) is 9.47 Å². The fourth-order valence-electron chi connectivity index (χ4n) is 1.01. The lowest BCUT2D eigenvalue weighted by Crippen LogP contribution is -2.19. The summed E-state index contributed by atoms with van der Waals surface area (Å²) in [5.74, 6) is 0.863. The predicted molar refractivity (Wildman–Crippen MR) is 62.1 cm³/mol. The lowest BCUT2D eigenvalue weighted by atomic mass is 10.7. The molecule has 4 heteroatoms. The molecule has 0 unspecified atom stereocenters. The van der Waals surface area contributed by atoms with Crippen molar-refractivity contribution in [2.45, 2.75) is 24.3 Å². The van der Waals surface area contributed by atoms with Crippen LogP contribution in [-0.4, -0.2) is 25.3 Å². The third kappa shape index (κ3) is 4.46. The molecule has 0 saturated heterocycles. The first-order valence-electron chi connectivity index (χ1n) is 4.76. The molecule has 0 N–H and O–H groups in total. The van der Waals surface area contributed by atoms with Gasteiger partial charge in [0.25, 0.3) is 0 Å². The molecule has 1 aromatic heterocycles. The zero-order chi connectivity index (χ0) is 10.2. The van der Waals surface area contributed by atoms with Gasteiger partial charge in [-0.3, -0.25) is 0 Å². The lowest BCUT2D eigenvalue weighted by Gasteiger charge is -2.15. The van der Waals surface area contributed by atoms with Gasteiger partial charge in [-0.05, 0) is 25.3 Å². The average molecular weight is 232 g/mol. The predicted octanol–water partition coefficient (Wildman–Crippen LogP) is 3.24. The van der Waals surface area contributed by atoms with Crippen molar-refractivity contribution in [2.75, 3.05) is 19.0 Å². The Bertz CT molecular complexity index is 218. The Labute approximate surface area is 93.6 Å². The molecule has 0 aliphatic heterocycles. The van der Waals surface area contributed by atoms with Gasteiger partial charge in [0.05, 0.1) is 9.96 Å². The molecule has 0 aliphatic carbocycles. The Balaban J connectivity index is 2.25. The second-order valence-corrected chi connectivity index (χ2v) is 4.85. The molecule has 0 spiro atoms. The number of hydrogen-bond donors (Lipinski definition) is 0. The van der Waals surface area contributed by atoms with Crippen LogP contribution in [0.25, 0.3) is 0 Å². The van der Waals surface area contributed by atoms with Gasteiger partial charge in [-0.25, -0.2) is 0 Å². The van der Waals surface area contributed by atoms with Gasteiger partial charge < -0.3 is 9.47 Å². The Hall–Kier alpha value is -0.0300. The maximum atomic E-state index is 5.44. The molecule has 0 bridgehead atoms. The van der Waals surface area contributed by atoms with Gasteiger partial charge in [0, 0.05) is 13.2 Å². The molecule has 0 aromatic carbocycles. The Morgan fingerprint density at radius 3 is 2.57 bits per heavy atom. The van der Waals surface area contributed by atoms with Crippen LogP contribution in [0.15, 0.2) is 21.7 Å². The summed E-state index contributed by atoms with van der Waals surface area (Å²) in [6.07, 6.45) is -0.0721. The topological polar surface area (TPSA) is 18.5 Å². The average Bonchev–Trinajstić information content (AvgIpc) is 2.67. The summed E-state index contributed by atoms with van der Waals surface area (Å²) in [6.45, 7) is 5.38. The molecular weight excluding hydrogens is 216 g/mol. The van der Waals surface area contributed by atoms with Crippen molar-refractivity contribution in [1.29, 1.82) is 0 Å². The van der Waals surface area contributed by atoms with Crippen molar-refractivity contribution in [2.24, 2.45) is 0 Å². The van der Waals surface area contributed by atoms with Crippen LogP contribution >= 0.6 is 23.1 Å². The largest absolute Gasteiger partial charge is 0.352 e. The van der Waals surface area contributed by atoms with E-state index in [1.165, 1.54) is 4.21 Å². The minimum atomic E-state index is -0.0721. The van der Waals surface area contributed by atoms with Gasteiger partial charge >= 0.3 is 0 Å². The minimum Gasteiger partial charge on any atom is -0.352 e. The van der Waals surface area contributed by atoms with Crippen LogP contribution in [0.3, 0.4) is 0 Å². The first-order valence-corrected chi connectivity index (χ1v) is 6.62. The number of ether oxygens (including phenoxy) is 2. The van der Waals surface area contributed by atoms with Gasteiger partial charge in [-0.15, -0.1) is 23.1 Å². The van der Waals surface area contributed by atoms with Crippen LogP contribution in [0.2, 0.25) is 0 Å². The lowest BCUT2D eigenvalue weighted by molar-refractivity contribution is -0.120. The van der Waals surface area contributed by atoms with E-state index >= 15 is 0 Å². The zero-order valence-corrected chi connectivity index (χ0v) is 10.2. The number of thioether (sulfide) groups is 1. The molecule has 1 aromatic rings. The highest BCUT2D eigenvalue weighted by Crippen LogP contribution is 2.24. The Kier molecular flexibility index (Phi) is 6.27. The highest BCUT2D eigenvalue weighted by atomic mass is 32.2. The van der Waals surface area contributed by atoms with E-state index in [9.17, 15) is 0 Å². The van der Waals surface area contributed by atoms with Gasteiger partial charge in [-0.2, -0.15) is 0 Å². The fraction of sp³-hybridized carbons (Fsp3) is 0.600. The summed E-state index contributed by atoms with van der Waals surface area (Å²) in [5, 5.41) is 2.08. The van der Waals surface area contributed by atoms with Crippen LogP contribution < -0.4 is 0 Å². The van der Waals surface area contributed by atoms with E-state index < -0.39 is 0 Å². The molecule has 0 aliphatic rings. The fourth-order valence-corrected chi connectivity index (χ4v) is 2.77. The summed E-state index contributed by atoms with van der Waals surface area (Å²) in [7, 11) is 0. The van der Waals surface area contributed by atoms with Gasteiger partial charge in [0.1, 0.15) is 0 Å². The zero-order valence-electron chi connectivity index (χ0n) is 8.56. The summed E-state index contributed by atoms with van der Waals surface area (Å²) < 4.78 is 12.2. The van der Waals surface area contributed by atoms with Gasteiger partial charge in [0.15, 0.2) is 6.29 Å². The van der Waals surface area contributed by atoms with Crippen LogP contribution in [0, 0.1) is 0 Å². The number of rotatable bonds is 7. The van der Waals surface area contributed by atoms with E-state index in [1.807, 2.05) is 13.8 Å². The van der Waals surface area contributed by atoms with E-state index in [0.717, 1.165) is 5.75 Å². The molecule has 0 amide bonds. The highest BCUT2D eigenvalue weighted by molar-refractivity contribution is 8.01. The van der Waals surface area contributed by atoms with Crippen LogP contribution in [0.4, 0.5) is 0 Å². The molecule has 1 heterocycles. The Morgan fingerprint density at radius 1 is 1.36 bits per heavy atom. The molecule has 0 atom stereocenters. The van der Waals surface area contributed by atoms with Gasteiger partial charge in [0.2, 0.25) is 0 Å². The third-order valence-electron chi connectivity index (χ3n) is 1.56. The molecule has 14 heavy (non-hydrogen) atoms. The summed E-state index contributed by atoms with van der Waals surface area (Å²) in [6, 6.07) is 4.17. The number of thiophene rings is 1. The van der Waals surface area contributed by atoms with E-state index in [2.05, 4.69) is 17.5 Å². The van der Waals surface area contributed by atoms with Crippen LogP contribution in [0.1, 0.15) is 13.8 Å². The normalized spacial score (nSPS) is 11.1. The SMILES string of the molecule is CCOC(CSc1cccs1)OCC. The third-order valence-corrected chi connectivity index (χ3v) is 3.73. The molecule has 1 rings (SSSR count). The Morgan fingerprint density at radius 2 is 2.07 bits per heavy atom. The molecule has 2 nitrogen and oxygen atoms in total. The van der Waals surface area contributed by atoms with Crippen molar-refractivity contribution in [3.05, 3.63) is 17.5 Å².